The lowest BCUT2D eigenvalue weighted by Gasteiger charge is -2.32. The van der Waals surface area contributed by atoms with Crippen molar-refractivity contribution in [1.82, 2.24) is 14.7 Å². The summed E-state index contributed by atoms with van der Waals surface area (Å²) in [5.41, 5.74) is 14.5. The van der Waals surface area contributed by atoms with Crippen molar-refractivity contribution in [3.8, 4) is 33.9 Å². The van der Waals surface area contributed by atoms with Crippen LogP contribution in [0.25, 0.3) is 22.5 Å². The Bertz CT molecular complexity index is 2100. The van der Waals surface area contributed by atoms with Crippen molar-refractivity contribution in [2.75, 3.05) is 56.5 Å². The van der Waals surface area contributed by atoms with Crippen LogP contribution in [0.3, 0.4) is 0 Å². The van der Waals surface area contributed by atoms with Crippen molar-refractivity contribution in [1.29, 1.82) is 0 Å². The molecule has 0 amide bonds. The molecule has 6 heteroatoms. The number of fused-ring (bicyclic) bond motifs is 3. The zero-order valence-electron chi connectivity index (χ0n) is 37.2. The van der Waals surface area contributed by atoms with Gasteiger partial charge in [0.05, 0.1) is 20.5 Å². The Morgan fingerprint density at radius 2 is 1.12 bits per heavy atom. The van der Waals surface area contributed by atoms with Gasteiger partial charge in [-0.2, -0.15) is 0 Å². The summed E-state index contributed by atoms with van der Waals surface area (Å²) in [6, 6.07) is 32.3. The highest BCUT2D eigenvalue weighted by Crippen LogP contribution is 2.44. The maximum atomic E-state index is 5.71. The molecule has 0 aliphatic heterocycles. The molecule has 314 valence electrons. The molecule has 1 aromatic heterocycles. The summed E-state index contributed by atoms with van der Waals surface area (Å²) in [7, 11) is 16.5. The third-order valence-corrected chi connectivity index (χ3v) is 13.9. The van der Waals surface area contributed by atoms with Crippen LogP contribution in [0.15, 0.2) is 95.6 Å². The lowest BCUT2D eigenvalue weighted by Crippen LogP contribution is -2.34. The highest BCUT2D eigenvalue weighted by molar-refractivity contribution is 5.74. The van der Waals surface area contributed by atoms with Crippen molar-refractivity contribution in [3.63, 3.8) is 0 Å². The summed E-state index contributed by atoms with van der Waals surface area (Å²) in [5, 5.41) is 0. The van der Waals surface area contributed by atoms with E-state index < -0.39 is 0 Å². The van der Waals surface area contributed by atoms with Crippen molar-refractivity contribution >= 4 is 0 Å². The minimum Gasteiger partial charge on any atom is -0.493 e. The molecule has 1 fully saturated rings. The molecular weight excluding hydrogens is 727 g/mol. The summed E-state index contributed by atoms with van der Waals surface area (Å²) in [6.45, 7) is 0. The van der Waals surface area contributed by atoms with Crippen LogP contribution in [0.1, 0.15) is 89.8 Å². The molecule has 9 rings (SSSR count). The van der Waals surface area contributed by atoms with Crippen molar-refractivity contribution < 1.29 is 13.9 Å². The average Bonchev–Trinajstić information content (AvgIpc) is 4.02. The van der Waals surface area contributed by atoms with Gasteiger partial charge in [0, 0.05) is 29.3 Å². The van der Waals surface area contributed by atoms with E-state index in [1.165, 1.54) is 96.7 Å². The molecule has 59 heavy (non-hydrogen) atoms. The van der Waals surface area contributed by atoms with E-state index in [1.807, 2.05) is 12.1 Å². The zero-order valence-corrected chi connectivity index (χ0v) is 37.2. The molecule has 3 unspecified atom stereocenters. The maximum absolute atomic E-state index is 5.71. The predicted molar refractivity (Wildman–Crippen MR) is 245 cm³/mol. The quantitative estimate of drug-likeness (QED) is 0.156. The highest BCUT2D eigenvalue weighted by atomic mass is 16.5. The van der Waals surface area contributed by atoms with E-state index in [-0.39, 0.29) is 0 Å². The summed E-state index contributed by atoms with van der Waals surface area (Å²) in [4.78, 5) is 7.04. The standard InChI is InChI=1S/C20H25NO2.C17H25N.C16H19NO/c1-21(2)15-10-11-16-17(14-8-6-5-7-9-14)13-19(22-3)20(23-4)18(16)12-15;1-18(2)15-10-11-17-14(12-15)8-5-9-16(17)13-6-3-4-7-13;1-17(2)13-8-9-14-12(11-13)5-3-6-15(14)16-7-4-10-18-16/h5-9,13,15H,10-12H2,1-4H3;5,8-9,13,15H,3-4,6-7,10-12H2,1-2H3;3-7,10,13H,8-9,11H2,1-2H3. The fourth-order valence-electron chi connectivity index (χ4n) is 10.3. The van der Waals surface area contributed by atoms with E-state index in [0.717, 1.165) is 54.9 Å². The molecule has 0 bridgehead atoms. The Morgan fingerprint density at radius 1 is 0.525 bits per heavy atom. The van der Waals surface area contributed by atoms with Crippen LogP contribution in [0, 0.1) is 0 Å². The lowest BCUT2D eigenvalue weighted by molar-refractivity contribution is 0.263. The third kappa shape index (κ3) is 9.83. The van der Waals surface area contributed by atoms with Crippen LogP contribution in [0.5, 0.6) is 11.5 Å². The Morgan fingerprint density at radius 3 is 1.71 bits per heavy atom. The van der Waals surface area contributed by atoms with E-state index in [0.29, 0.717) is 12.1 Å². The summed E-state index contributed by atoms with van der Waals surface area (Å²) in [6.07, 6.45) is 18.1. The van der Waals surface area contributed by atoms with Crippen molar-refractivity contribution in [2.45, 2.75) is 108 Å². The molecule has 3 atom stereocenters. The number of rotatable bonds is 8. The molecule has 1 heterocycles. The smallest absolute Gasteiger partial charge is 0.164 e. The van der Waals surface area contributed by atoms with Crippen LogP contribution < -0.4 is 9.47 Å². The van der Waals surface area contributed by atoms with Crippen LogP contribution in [-0.4, -0.2) is 89.3 Å². The van der Waals surface area contributed by atoms with Gasteiger partial charge < -0.3 is 28.6 Å². The number of hydrogen-bond donors (Lipinski definition) is 0. The first-order valence-electron chi connectivity index (χ1n) is 22.2. The molecule has 0 saturated heterocycles. The fraction of sp³-hybridized carbons (Fsp3) is 0.472. The molecular formula is C53H69N3O3. The second kappa shape index (κ2) is 19.8. The number of ether oxygens (including phenoxy) is 2. The maximum Gasteiger partial charge on any atom is 0.164 e. The van der Waals surface area contributed by atoms with E-state index in [4.69, 9.17) is 13.9 Å². The monoisotopic (exact) mass is 796 g/mol. The van der Waals surface area contributed by atoms with Gasteiger partial charge in [-0.25, -0.2) is 0 Å². The first-order chi connectivity index (χ1) is 28.7. The molecule has 0 spiro atoms. The molecule has 4 aliphatic carbocycles. The number of nitrogens with zero attached hydrogens (tertiary/aromatic N) is 3. The Kier molecular flexibility index (Phi) is 14.3. The van der Waals surface area contributed by atoms with Gasteiger partial charge in [0.25, 0.3) is 0 Å². The third-order valence-electron chi connectivity index (χ3n) is 13.9. The minimum absolute atomic E-state index is 0.548. The summed E-state index contributed by atoms with van der Waals surface area (Å²) < 4.78 is 16.9. The summed E-state index contributed by atoms with van der Waals surface area (Å²) in [5.74, 6) is 3.59. The first-order valence-corrected chi connectivity index (χ1v) is 22.2. The van der Waals surface area contributed by atoms with E-state index in [2.05, 4.69) is 130 Å². The Balaban J connectivity index is 0.000000136. The van der Waals surface area contributed by atoms with E-state index >= 15 is 0 Å². The molecule has 6 nitrogen and oxygen atoms in total. The Hall–Kier alpha value is -4.36. The van der Waals surface area contributed by atoms with Gasteiger partial charge in [-0.05, 0) is 182 Å². The molecule has 0 radical (unpaired) electrons. The van der Waals surface area contributed by atoms with Gasteiger partial charge in [-0.15, -0.1) is 0 Å². The van der Waals surface area contributed by atoms with Crippen LogP contribution in [0.4, 0.5) is 0 Å². The molecule has 4 aromatic carbocycles. The number of benzene rings is 4. The lowest BCUT2D eigenvalue weighted by atomic mass is 9.81. The van der Waals surface area contributed by atoms with Crippen molar-refractivity contribution in [2.24, 2.45) is 0 Å². The largest absolute Gasteiger partial charge is 0.493 e. The fourth-order valence-corrected chi connectivity index (χ4v) is 10.3. The van der Waals surface area contributed by atoms with Gasteiger partial charge in [0.1, 0.15) is 5.76 Å². The van der Waals surface area contributed by atoms with E-state index in [9.17, 15) is 0 Å². The molecule has 4 aliphatic rings. The second-order valence-electron chi connectivity index (χ2n) is 18.0. The number of hydrogen-bond acceptors (Lipinski definition) is 6. The SMILES string of the molecule is CN(C)C1CCc2c(cccc2-c2ccco2)C1.CN(C)C1CCc2c(cccc2C2CCCC2)C1.COc1cc(-c2ccccc2)c2c(c1OC)CC(N(C)C)CC2. The first kappa shape index (κ1) is 42.8. The number of methoxy groups -OCH3 is 2. The van der Waals surface area contributed by atoms with E-state index in [1.54, 1.807) is 37.2 Å². The normalized spacial score (nSPS) is 19.9. The van der Waals surface area contributed by atoms with Gasteiger partial charge in [0.2, 0.25) is 0 Å². The van der Waals surface area contributed by atoms with Gasteiger partial charge in [0.15, 0.2) is 11.5 Å². The average molecular weight is 796 g/mol. The number of likely N-dealkylation sites (N-methyl/N-ethyl adjacent to an activating group) is 3. The van der Waals surface area contributed by atoms with Crippen LogP contribution in [-0.2, 0) is 38.5 Å². The van der Waals surface area contributed by atoms with Crippen LogP contribution >= 0.6 is 0 Å². The van der Waals surface area contributed by atoms with Gasteiger partial charge in [-0.1, -0.05) is 79.6 Å². The highest BCUT2D eigenvalue weighted by Gasteiger charge is 2.29. The topological polar surface area (TPSA) is 41.3 Å². The van der Waals surface area contributed by atoms with Crippen molar-refractivity contribution in [3.05, 3.63) is 130 Å². The molecule has 0 N–H and O–H groups in total. The minimum atomic E-state index is 0.548. The second-order valence-corrected chi connectivity index (χ2v) is 18.0. The Labute approximate surface area is 355 Å². The predicted octanol–water partition coefficient (Wildman–Crippen LogP) is 10.9. The molecule has 5 aromatic rings. The molecule has 1 saturated carbocycles. The summed E-state index contributed by atoms with van der Waals surface area (Å²) >= 11 is 0. The van der Waals surface area contributed by atoms with Gasteiger partial charge >= 0.3 is 0 Å². The van der Waals surface area contributed by atoms with Crippen LogP contribution in [0.2, 0.25) is 0 Å². The zero-order chi connectivity index (χ0) is 41.5. The van der Waals surface area contributed by atoms with Gasteiger partial charge in [-0.3, -0.25) is 0 Å². The number of furan rings is 1.